The number of carbonyl (C=O) groups excluding carboxylic acids is 2. The second kappa shape index (κ2) is 8.31. The van der Waals surface area contributed by atoms with Crippen LogP contribution in [-0.2, 0) is 13.1 Å². The van der Waals surface area contributed by atoms with E-state index in [9.17, 15) is 9.59 Å². The van der Waals surface area contributed by atoms with E-state index in [4.69, 9.17) is 0 Å². The van der Waals surface area contributed by atoms with Crippen LogP contribution in [0.2, 0.25) is 0 Å². The van der Waals surface area contributed by atoms with Crippen molar-refractivity contribution in [1.29, 1.82) is 0 Å². The highest BCUT2D eigenvalue weighted by molar-refractivity contribution is 9.10. The molecule has 2 aromatic carbocycles. The lowest BCUT2D eigenvalue weighted by atomic mass is 9.97. The molecule has 0 aliphatic rings. The van der Waals surface area contributed by atoms with Gasteiger partial charge in [-0.2, -0.15) is 5.10 Å². The van der Waals surface area contributed by atoms with Crippen molar-refractivity contribution >= 4 is 27.6 Å². The normalized spacial score (nSPS) is 10.6. The number of halogens is 1. The Morgan fingerprint density at radius 1 is 1.07 bits per heavy atom. The van der Waals surface area contributed by atoms with Gasteiger partial charge in [-0.05, 0) is 35.8 Å². The third-order valence-electron chi connectivity index (χ3n) is 4.26. The van der Waals surface area contributed by atoms with E-state index in [1.165, 1.54) is 0 Å². The SMILES string of the molecule is CCn1cc(Br)c(CNC(=O)c2ccccc2C(=O)c2ccc(C)cc2)n1. The van der Waals surface area contributed by atoms with Gasteiger partial charge in [0, 0.05) is 23.9 Å². The summed E-state index contributed by atoms with van der Waals surface area (Å²) in [6.45, 7) is 4.99. The number of hydrogen-bond donors (Lipinski definition) is 1. The zero-order chi connectivity index (χ0) is 19.4. The van der Waals surface area contributed by atoms with E-state index in [-0.39, 0.29) is 18.2 Å². The summed E-state index contributed by atoms with van der Waals surface area (Å²) in [5, 5.41) is 7.25. The molecule has 0 saturated carbocycles. The van der Waals surface area contributed by atoms with Crippen LogP contribution in [0.3, 0.4) is 0 Å². The van der Waals surface area contributed by atoms with Gasteiger partial charge in [-0.1, -0.05) is 48.0 Å². The predicted molar refractivity (Wildman–Crippen MR) is 108 cm³/mol. The van der Waals surface area contributed by atoms with Crippen molar-refractivity contribution < 1.29 is 9.59 Å². The number of rotatable bonds is 6. The second-order valence-electron chi connectivity index (χ2n) is 6.20. The number of carbonyl (C=O) groups is 2. The van der Waals surface area contributed by atoms with Crippen molar-refractivity contribution in [1.82, 2.24) is 15.1 Å². The average Bonchev–Trinajstić information content (AvgIpc) is 3.06. The first-order valence-electron chi connectivity index (χ1n) is 8.70. The molecule has 0 radical (unpaired) electrons. The van der Waals surface area contributed by atoms with Crippen LogP contribution in [0.4, 0.5) is 0 Å². The Kier molecular flexibility index (Phi) is 5.86. The molecular formula is C21H20BrN3O2. The van der Waals surface area contributed by atoms with Gasteiger partial charge in [0.05, 0.1) is 22.3 Å². The molecule has 138 valence electrons. The van der Waals surface area contributed by atoms with Crippen LogP contribution in [0.1, 0.15) is 44.5 Å². The van der Waals surface area contributed by atoms with Crippen molar-refractivity contribution in [3.05, 3.63) is 87.1 Å². The number of benzene rings is 2. The Labute approximate surface area is 166 Å². The van der Waals surface area contributed by atoms with Gasteiger partial charge >= 0.3 is 0 Å². The van der Waals surface area contributed by atoms with E-state index in [1.54, 1.807) is 41.1 Å². The molecule has 3 aromatic rings. The van der Waals surface area contributed by atoms with Crippen LogP contribution in [0.5, 0.6) is 0 Å². The van der Waals surface area contributed by atoms with Gasteiger partial charge in [-0.3, -0.25) is 14.3 Å². The first-order valence-corrected chi connectivity index (χ1v) is 9.49. The largest absolute Gasteiger partial charge is 0.346 e. The van der Waals surface area contributed by atoms with Gasteiger partial charge in [0.1, 0.15) is 0 Å². The van der Waals surface area contributed by atoms with Crippen LogP contribution in [0.25, 0.3) is 0 Å². The minimum atomic E-state index is -0.302. The fourth-order valence-electron chi connectivity index (χ4n) is 2.72. The molecule has 1 amide bonds. The molecule has 1 aromatic heterocycles. The lowest BCUT2D eigenvalue weighted by molar-refractivity contribution is 0.0939. The summed E-state index contributed by atoms with van der Waals surface area (Å²) in [5.74, 6) is -0.471. The first-order chi connectivity index (χ1) is 13.0. The van der Waals surface area contributed by atoms with Crippen LogP contribution < -0.4 is 5.32 Å². The fraction of sp³-hybridized carbons (Fsp3) is 0.190. The highest BCUT2D eigenvalue weighted by atomic mass is 79.9. The highest BCUT2D eigenvalue weighted by Crippen LogP contribution is 2.17. The quantitative estimate of drug-likeness (QED) is 0.603. The third-order valence-corrected chi connectivity index (χ3v) is 4.92. The van der Waals surface area contributed by atoms with Gasteiger partial charge < -0.3 is 5.32 Å². The van der Waals surface area contributed by atoms with Crippen molar-refractivity contribution in [3.8, 4) is 0 Å². The number of amides is 1. The number of aromatic nitrogens is 2. The minimum Gasteiger partial charge on any atom is -0.346 e. The van der Waals surface area contributed by atoms with Gasteiger partial charge in [-0.25, -0.2) is 0 Å². The predicted octanol–water partition coefficient (Wildman–Crippen LogP) is 4.13. The summed E-state index contributed by atoms with van der Waals surface area (Å²) in [6, 6.07) is 14.2. The molecule has 0 aliphatic heterocycles. The number of nitrogens with zero attached hydrogens (tertiary/aromatic N) is 2. The summed E-state index contributed by atoms with van der Waals surface area (Å²) in [7, 11) is 0. The fourth-order valence-corrected chi connectivity index (χ4v) is 3.17. The molecule has 0 bridgehead atoms. The van der Waals surface area contributed by atoms with E-state index < -0.39 is 0 Å². The lowest BCUT2D eigenvalue weighted by Crippen LogP contribution is -2.25. The standard InChI is InChI=1S/C21H20BrN3O2/c1-3-25-13-18(22)19(24-25)12-23-21(27)17-7-5-4-6-16(17)20(26)15-10-8-14(2)9-11-15/h4-11,13H,3,12H2,1-2H3,(H,23,27). The highest BCUT2D eigenvalue weighted by Gasteiger charge is 2.18. The Morgan fingerprint density at radius 2 is 1.74 bits per heavy atom. The maximum atomic E-state index is 12.9. The van der Waals surface area contributed by atoms with Crippen LogP contribution >= 0.6 is 15.9 Å². The number of aryl methyl sites for hydroxylation is 2. The Balaban J connectivity index is 1.80. The molecule has 0 fully saturated rings. The zero-order valence-electron chi connectivity index (χ0n) is 15.2. The van der Waals surface area contributed by atoms with Crippen molar-refractivity contribution in [2.24, 2.45) is 0 Å². The monoisotopic (exact) mass is 425 g/mol. The Bertz CT molecular complexity index is 977. The summed E-state index contributed by atoms with van der Waals surface area (Å²) in [4.78, 5) is 25.6. The molecule has 5 nitrogen and oxygen atoms in total. The van der Waals surface area contributed by atoms with Crippen molar-refractivity contribution in [3.63, 3.8) is 0 Å². The lowest BCUT2D eigenvalue weighted by Gasteiger charge is -2.09. The van der Waals surface area contributed by atoms with Gasteiger partial charge in [0.2, 0.25) is 0 Å². The average molecular weight is 426 g/mol. The van der Waals surface area contributed by atoms with Crippen molar-refractivity contribution in [2.45, 2.75) is 26.9 Å². The van der Waals surface area contributed by atoms with Crippen LogP contribution in [0.15, 0.2) is 59.2 Å². The van der Waals surface area contributed by atoms with Crippen LogP contribution in [-0.4, -0.2) is 21.5 Å². The summed E-state index contributed by atoms with van der Waals surface area (Å²) < 4.78 is 2.63. The van der Waals surface area contributed by atoms with Gasteiger partial charge in [-0.15, -0.1) is 0 Å². The van der Waals surface area contributed by atoms with E-state index >= 15 is 0 Å². The molecular weight excluding hydrogens is 406 g/mol. The summed E-state index contributed by atoms with van der Waals surface area (Å²) >= 11 is 3.45. The maximum Gasteiger partial charge on any atom is 0.252 e. The molecule has 0 spiro atoms. The number of hydrogen-bond acceptors (Lipinski definition) is 3. The molecule has 3 rings (SSSR count). The smallest absolute Gasteiger partial charge is 0.252 e. The van der Waals surface area contributed by atoms with Crippen LogP contribution in [0, 0.1) is 6.92 Å². The Hall–Kier alpha value is -2.73. The molecule has 0 unspecified atom stereocenters. The zero-order valence-corrected chi connectivity index (χ0v) is 16.8. The molecule has 0 aliphatic carbocycles. The molecule has 0 saturated heterocycles. The summed E-state index contributed by atoms with van der Waals surface area (Å²) in [5.41, 5.74) is 3.12. The van der Waals surface area contributed by atoms with E-state index in [1.807, 2.05) is 32.2 Å². The molecule has 1 heterocycles. The second-order valence-corrected chi connectivity index (χ2v) is 7.06. The first kappa shape index (κ1) is 19.0. The number of ketones is 1. The number of nitrogens with one attached hydrogen (secondary N) is 1. The van der Waals surface area contributed by atoms with E-state index in [2.05, 4.69) is 26.3 Å². The van der Waals surface area contributed by atoms with E-state index in [0.29, 0.717) is 16.7 Å². The van der Waals surface area contributed by atoms with Gasteiger partial charge in [0.15, 0.2) is 5.78 Å². The van der Waals surface area contributed by atoms with Crippen molar-refractivity contribution in [2.75, 3.05) is 0 Å². The Morgan fingerprint density at radius 3 is 2.37 bits per heavy atom. The molecule has 6 heteroatoms. The molecule has 0 atom stereocenters. The van der Waals surface area contributed by atoms with E-state index in [0.717, 1.165) is 22.3 Å². The molecule has 1 N–H and O–H groups in total. The minimum absolute atomic E-state index is 0.169. The molecule has 27 heavy (non-hydrogen) atoms. The summed E-state index contributed by atoms with van der Waals surface area (Å²) in [6.07, 6.45) is 1.87. The van der Waals surface area contributed by atoms with Gasteiger partial charge in [0.25, 0.3) is 5.91 Å². The third kappa shape index (κ3) is 4.34. The topological polar surface area (TPSA) is 64.0 Å². The maximum absolute atomic E-state index is 12.9.